The SMILES string of the molecule is COc1ncn(-c2ccc(OC(C)=O)c(OC(C)=O)c2)c(=O)n1. The molecule has 120 valence electrons. The molecule has 2 rings (SSSR count). The molecule has 0 amide bonds. The van der Waals surface area contributed by atoms with Crippen LogP contribution in [-0.4, -0.2) is 33.6 Å². The van der Waals surface area contributed by atoms with E-state index in [1.165, 1.54) is 45.5 Å². The molecule has 0 atom stereocenters. The number of ether oxygens (including phenoxy) is 3. The van der Waals surface area contributed by atoms with E-state index in [0.29, 0.717) is 5.69 Å². The molecule has 0 N–H and O–H groups in total. The number of nitrogens with zero attached hydrogens (tertiary/aromatic N) is 3. The number of hydrogen-bond acceptors (Lipinski definition) is 8. The van der Waals surface area contributed by atoms with Crippen LogP contribution in [0.15, 0.2) is 29.3 Å². The topological polar surface area (TPSA) is 110 Å². The minimum absolute atomic E-state index is 0.00656. The van der Waals surface area contributed by atoms with E-state index in [1.807, 2.05) is 0 Å². The molecule has 0 radical (unpaired) electrons. The van der Waals surface area contributed by atoms with E-state index in [2.05, 4.69) is 9.97 Å². The van der Waals surface area contributed by atoms with Crippen molar-refractivity contribution >= 4 is 11.9 Å². The van der Waals surface area contributed by atoms with Gasteiger partial charge in [-0.2, -0.15) is 4.98 Å². The van der Waals surface area contributed by atoms with Gasteiger partial charge in [-0.1, -0.05) is 0 Å². The first-order valence-corrected chi connectivity index (χ1v) is 6.41. The van der Waals surface area contributed by atoms with E-state index >= 15 is 0 Å². The lowest BCUT2D eigenvalue weighted by Crippen LogP contribution is -2.22. The minimum Gasteiger partial charge on any atom is -0.467 e. The maximum absolute atomic E-state index is 11.9. The molecule has 0 aliphatic carbocycles. The Balaban J connectivity index is 2.49. The highest BCUT2D eigenvalue weighted by Crippen LogP contribution is 2.29. The fourth-order valence-corrected chi connectivity index (χ4v) is 1.72. The average molecular weight is 319 g/mol. The van der Waals surface area contributed by atoms with Crippen LogP contribution in [0.5, 0.6) is 17.5 Å². The van der Waals surface area contributed by atoms with Gasteiger partial charge in [-0.05, 0) is 12.1 Å². The highest BCUT2D eigenvalue weighted by Gasteiger charge is 2.13. The number of carbonyl (C=O) groups is 2. The predicted octanol–water partition coefficient (Wildman–Crippen LogP) is 0.487. The molecule has 1 heterocycles. The Morgan fingerprint density at radius 3 is 2.30 bits per heavy atom. The molecule has 0 fully saturated rings. The quantitative estimate of drug-likeness (QED) is 0.591. The zero-order chi connectivity index (χ0) is 17.0. The number of rotatable bonds is 4. The van der Waals surface area contributed by atoms with Gasteiger partial charge < -0.3 is 14.2 Å². The van der Waals surface area contributed by atoms with E-state index in [1.54, 1.807) is 0 Å². The zero-order valence-corrected chi connectivity index (χ0v) is 12.6. The second-order valence-electron chi connectivity index (χ2n) is 4.31. The van der Waals surface area contributed by atoms with Crippen LogP contribution in [0.4, 0.5) is 0 Å². The standard InChI is InChI=1S/C14H13N3O6/c1-8(18)22-11-5-4-10(6-12(11)23-9(2)19)17-7-15-13(21-3)16-14(17)20/h4-7H,1-3H3. The maximum atomic E-state index is 11.9. The monoisotopic (exact) mass is 319 g/mol. The van der Waals surface area contributed by atoms with Crippen molar-refractivity contribution in [3.05, 3.63) is 35.0 Å². The van der Waals surface area contributed by atoms with Gasteiger partial charge in [0.05, 0.1) is 12.8 Å². The number of hydrogen-bond donors (Lipinski definition) is 0. The molecule has 9 heteroatoms. The lowest BCUT2D eigenvalue weighted by Gasteiger charge is -2.11. The van der Waals surface area contributed by atoms with Crippen LogP contribution in [0.25, 0.3) is 5.69 Å². The van der Waals surface area contributed by atoms with Gasteiger partial charge in [0.25, 0.3) is 0 Å². The van der Waals surface area contributed by atoms with Crippen LogP contribution < -0.4 is 19.9 Å². The number of methoxy groups -OCH3 is 1. The third kappa shape index (κ3) is 3.90. The number of benzene rings is 1. The largest absolute Gasteiger partial charge is 0.467 e. The second kappa shape index (κ2) is 6.69. The Hall–Kier alpha value is -3.23. The summed E-state index contributed by atoms with van der Waals surface area (Å²) in [5.41, 5.74) is -0.310. The molecule has 0 saturated heterocycles. The molecule has 1 aromatic heterocycles. The first-order chi connectivity index (χ1) is 10.9. The summed E-state index contributed by atoms with van der Waals surface area (Å²) in [6.07, 6.45) is 1.21. The fourth-order valence-electron chi connectivity index (χ4n) is 1.72. The molecule has 0 aliphatic heterocycles. The van der Waals surface area contributed by atoms with Crippen molar-refractivity contribution in [2.75, 3.05) is 7.11 Å². The Kier molecular flexibility index (Phi) is 4.69. The van der Waals surface area contributed by atoms with Crippen LogP contribution in [-0.2, 0) is 9.59 Å². The van der Waals surface area contributed by atoms with Crippen LogP contribution in [0.3, 0.4) is 0 Å². The summed E-state index contributed by atoms with van der Waals surface area (Å²) < 4.78 is 15.8. The van der Waals surface area contributed by atoms with E-state index in [-0.39, 0.29) is 17.5 Å². The lowest BCUT2D eigenvalue weighted by atomic mass is 10.2. The van der Waals surface area contributed by atoms with Gasteiger partial charge in [-0.15, -0.1) is 4.98 Å². The van der Waals surface area contributed by atoms with Crippen LogP contribution in [0.1, 0.15) is 13.8 Å². The Labute approximate surface area is 130 Å². The van der Waals surface area contributed by atoms with Gasteiger partial charge in [0, 0.05) is 19.9 Å². The van der Waals surface area contributed by atoms with Gasteiger partial charge in [-0.25, -0.2) is 4.79 Å². The Morgan fingerprint density at radius 1 is 1.09 bits per heavy atom. The van der Waals surface area contributed by atoms with Crippen molar-refractivity contribution in [3.63, 3.8) is 0 Å². The molecule has 0 aliphatic rings. The summed E-state index contributed by atoms with van der Waals surface area (Å²) in [5, 5.41) is 0. The molecule has 23 heavy (non-hydrogen) atoms. The highest BCUT2D eigenvalue weighted by molar-refractivity contribution is 5.74. The summed E-state index contributed by atoms with van der Waals surface area (Å²) in [7, 11) is 1.34. The molecule has 2 aromatic rings. The predicted molar refractivity (Wildman–Crippen MR) is 76.8 cm³/mol. The molecular weight excluding hydrogens is 306 g/mol. The van der Waals surface area contributed by atoms with Gasteiger partial charge >= 0.3 is 23.6 Å². The normalized spacial score (nSPS) is 10.0. The highest BCUT2D eigenvalue weighted by atomic mass is 16.6. The first kappa shape index (κ1) is 16.1. The summed E-state index contributed by atoms with van der Waals surface area (Å²) in [6.45, 7) is 2.42. The molecule has 0 unspecified atom stereocenters. The van der Waals surface area contributed by atoms with Gasteiger partial charge in [0.1, 0.15) is 6.33 Å². The van der Waals surface area contributed by atoms with Crippen LogP contribution >= 0.6 is 0 Å². The van der Waals surface area contributed by atoms with Crippen molar-refractivity contribution in [1.82, 2.24) is 14.5 Å². The van der Waals surface area contributed by atoms with E-state index < -0.39 is 17.6 Å². The van der Waals surface area contributed by atoms with Gasteiger partial charge in [-0.3, -0.25) is 14.2 Å². The van der Waals surface area contributed by atoms with E-state index in [9.17, 15) is 14.4 Å². The Bertz CT molecular complexity index is 814. The molecule has 0 bridgehead atoms. The van der Waals surface area contributed by atoms with Crippen molar-refractivity contribution in [2.45, 2.75) is 13.8 Å². The van der Waals surface area contributed by atoms with Crippen LogP contribution in [0, 0.1) is 0 Å². The van der Waals surface area contributed by atoms with Crippen molar-refractivity contribution in [3.8, 4) is 23.2 Å². The van der Waals surface area contributed by atoms with Gasteiger partial charge in [0.15, 0.2) is 11.5 Å². The third-order valence-electron chi connectivity index (χ3n) is 2.58. The van der Waals surface area contributed by atoms with Gasteiger partial charge in [0.2, 0.25) is 0 Å². The molecular formula is C14H13N3O6. The molecule has 0 saturated carbocycles. The summed E-state index contributed by atoms with van der Waals surface area (Å²) in [4.78, 5) is 41.6. The summed E-state index contributed by atoms with van der Waals surface area (Å²) in [5.74, 6) is -1.13. The van der Waals surface area contributed by atoms with Crippen molar-refractivity contribution in [2.24, 2.45) is 0 Å². The number of carbonyl (C=O) groups excluding carboxylic acids is 2. The molecule has 1 aromatic carbocycles. The molecule has 0 spiro atoms. The summed E-state index contributed by atoms with van der Waals surface area (Å²) in [6, 6.07) is 4.17. The van der Waals surface area contributed by atoms with Crippen molar-refractivity contribution in [1.29, 1.82) is 0 Å². The number of esters is 2. The van der Waals surface area contributed by atoms with Crippen molar-refractivity contribution < 1.29 is 23.8 Å². The zero-order valence-electron chi connectivity index (χ0n) is 12.6. The van der Waals surface area contributed by atoms with E-state index in [4.69, 9.17) is 14.2 Å². The van der Waals surface area contributed by atoms with E-state index in [0.717, 1.165) is 4.57 Å². The second-order valence-corrected chi connectivity index (χ2v) is 4.31. The minimum atomic E-state index is -0.633. The first-order valence-electron chi connectivity index (χ1n) is 6.41. The number of aromatic nitrogens is 3. The average Bonchev–Trinajstić information content (AvgIpc) is 2.48. The Morgan fingerprint density at radius 2 is 1.74 bits per heavy atom. The lowest BCUT2D eigenvalue weighted by molar-refractivity contribution is -0.134. The third-order valence-corrected chi connectivity index (χ3v) is 2.58. The fraction of sp³-hybridized carbons (Fsp3) is 0.214. The summed E-state index contributed by atoms with van der Waals surface area (Å²) >= 11 is 0. The van der Waals surface area contributed by atoms with Crippen LogP contribution in [0.2, 0.25) is 0 Å². The smallest absolute Gasteiger partial charge is 0.358 e. The maximum Gasteiger partial charge on any atom is 0.358 e. The molecule has 9 nitrogen and oxygen atoms in total.